The Morgan fingerprint density at radius 3 is 2.67 bits per heavy atom. The highest BCUT2D eigenvalue weighted by atomic mass is 79.9. The van der Waals surface area contributed by atoms with Crippen LogP contribution < -0.4 is 0 Å². The Bertz CT molecular complexity index is 310. The van der Waals surface area contributed by atoms with E-state index in [1.54, 1.807) is 6.07 Å². The maximum Gasteiger partial charge on any atom is 0.140 e. The van der Waals surface area contributed by atoms with E-state index >= 15 is 0 Å². The summed E-state index contributed by atoms with van der Waals surface area (Å²) in [5.41, 5.74) is 0.379. The second kappa shape index (κ2) is 3.70. The molecule has 1 N–H and O–H groups in total. The first-order valence-corrected chi connectivity index (χ1v) is 4.03. The van der Waals surface area contributed by atoms with Gasteiger partial charge in [-0.15, -0.1) is 6.42 Å². The molecule has 0 bridgehead atoms. The van der Waals surface area contributed by atoms with Gasteiger partial charge in [0.15, 0.2) is 0 Å². The van der Waals surface area contributed by atoms with Gasteiger partial charge in [0.05, 0.1) is 0 Å². The van der Waals surface area contributed by atoms with Crippen molar-refractivity contribution in [2.75, 3.05) is 0 Å². The van der Waals surface area contributed by atoms with Crippen LogP contribution in [0.3, 0.4) is 0 Å². The lowest BCUT2D eigenvalue weighted by Crippen LogP contribution is -1.93. The first-order chi connectivity index (χ1) is 5.63. The summed E-state index contributed by atoms with van der Waals surface area (Å²) >= 11 is 3.09. The quantitative estimate of drug-likeness (QED) is 0.732. The Morgan fingerprint density at radius 1 is 1.50 bits per heavy atom. The summed E-state index contributed by atoms with van der Waals surface area (Å²) in [6.45, 7) is 0. The number of benzene rings is 1. The Labute approximate surface area is 78.4 Å². The van der Waals surface area contributed by atoms with E-state index in [4.69, 9.17) is 11.5 Å². The molecule has 3 heteroatoms. The molecule has 0 unspecified atom stereocenters. The van der Waals surface area contributed by atoms with Gasteiger partial charge in [0.25, 0.3) is 0 Å². The number of rotatable bonds is 1. The Morgan fingerprint density at radius 2 is 2.17 bits per heavy atom. The minimum atomic E-state index is -1.04. The van der Waals surface area contributed by atoms with E-state index in [-0.39, 0.29) is 0 Å². The second-order valence-corrected chi connectivity index (χ2v) is 3.19. The smallest absolute Gasteiger partial charge is 0.140 e. The van der Waals surface area contributed by atoms with E-state index < -0.39 is 11.9 Å². The second-order valence-electron chi connectivity index (χ2n) is 2.27. The highest BCUT2D eigenvalue weighted by Crippen LogP contribution is 2.19. The standard InChI is InChI=1S/C9H6BrFO/c1-2-9(12)6-3-7(10)5-8(11)4-6/h1,3-5,9,12H/t9-/m0/s1. The van der Waals surface area contributed by atoms with Gasteiger partial charge in [0.1, 0.15) is 11.9 Å². The predicted molar refractivity (Wildman–Crippen MR) is 47.9 cm³/mol. The molecule has 1 nitrogen and oxygen atoms in total. The molecule has 0 radical (unpaired) electrons. The fraction of sp³-hybridized carbons (Fsp3) is 0.111. The monoisotopic (exact) mass is 228 g/mol. The van der Waals surface area contributed by atoms with Crippen LogP contribution in [0, 0.1) is 18.2 Å². The van der Waals surface area contributed by atoms with Gasteiger partial charge in [-0.2, -0.15) is 0 Å². The molecule has 1 rings (SSSR count). The Hall–Kier alpha value is -0.850. The topological polar surface area (TPSA) is 20.2 Å². The van der Waals surface area contributed by atoms with E-state index in [2.05, 4.69) is 21.9 Å². The van der Waals surface area contributed by atoms with E-state index in [1.165, 1.54) is 12.1 Å². The number of aliphatic hydroxyl groups is 1. The third-order valence-electron chi connectivity index (χ3n) is 1.36. The zero-order chi connectivity index (χ0) is 9.14. The highest BCUT2D eigenvalue weighted by molar-refractivity contribution is 9.10. The molecule has 0 aromatic heterocycles. The SMILES string of the molecule is C#C[C@H](O)c1cc(F)cc(Br)c1. The molecular formula is C9H6BrFO. The fourth-order valence-corrected chi connectivity index (χ4v) is 1.31. The number of halogens is 2. The molecule has 12 heavy (non-hydrogen) atoms. The largest absolute Gasteiger partial charge is 0.376 e. The summed E-state index contributed by atoms with van der Waals surface area (Å²) in [6, 6.07) is 4.08. The predicted octanol–water partition coefficient (Wildman–Crippen LogP) is 2.25. The van der Waals surface area contributed by atoms with Crippen molar-refractivity contribution in [3.8, 4) is 12.3 Å². The Kier molecular flexibility index (Phi) is 2.85. The van der Waals surface area contributed by atoms with Crippen LogP contribution >= 0.6 is 15.9 Å². The van der Waals surface area contributed by atoms with Crippen molar-refractivity contribution < 1.29 is 9.50 Å². The van der Waals surface area contributed by atoms with Crippen molar-refractivity contribution in [2.45, 2.75) is 6.10 Å². The zero-order valence-electron chi connectivity index (χ0n) is 6.09. The molecule has 1 aromatic rings. The lowest BCUT2D eigenvalue weighted by Gasteiger charge is -2.03. The summed E-state index contributed by atoms with van der Waals surface area (Å²) in [7, 11) is 0. The van der Waals surface area contributed by atoms with Gasteiger partial charge < -0.3 is 5.11 Å². The molecule has 0 aliphatic heterocycles. The molecule has 0 fully saturated rings. The number of terminal acetylenes is 1. The van der Waals surface area contributed by atoms with Crippen LogP contribution in [0.4, 0.5) is 4.39 Å². The molecule has 0 aliphatic carbocycles. The van der Waals surface area contributed by atoms with Gasteiger partial charge in [-0.05, 0) is 23.8 Å². The van der Waals surface area contributed by atoms with E-state index in [9.17, 15) is 4.39 Å². The van der Waals surface area contributed by atoms with E-state index in [0.29, 0.717) is 10.0 Å². The number of hydrogen-bond donors (Lipinski definition) is 1. The highest BCUT2D eigenvalue weighted by Gasteiger charge is 2.05. The minimum absolute atomic E-state index is 0.379. The normalized spacial score (nSPS) is 12.2. The summed E-state index contributed by atoms with van der Waals surface area (Å²) < 4.78 is 13.3. The summed E-state index contributed by atoms with van der Waals surface area (Å²) in [6.07, 6.45) is 3.92. The maximum atomic E-state index is 12.7. The van der Waals surface area contributed by atoms with Crippen molar-refractivity contribution in [3.05, 3.63) is 34.1 Å². The lowest BCUT2D eigenvalue weighted by atomic mass is 10.1. The van der Waals surface area contributed by atoms with Gasteiger partial charge in [-0.25, -0.2) is 4.39 Å². The first kappa shape index (κ1) is 9.24. The van der Waals surface area contributed by atoms with Crippen molar-refractivity contribution in [3.63, 3.8) is 0 Å². The number of hydrogen-bond acceptors (Lipinski definition) is 1. The van der Waals surface area contributed by atoms with Crippen LogP contribution in [0.15, 0.2) is 22.7 Å². The molecule has 0 saturated carbocycles. The van der Waals surface area contributed by atoms with E-state index in [1.807, 2.05) is 0 Å². The molecule has 0 heterocycles. The molecule has 1 aromatic carbocycles. The van der Waals surface area contributed by atoms with Crippen molar-refractivity contribution >= 4 is 15.9 Å². The van der Waals surface area contributed by atoms with Crippen LogP contribution in [0.25, 0.3) is 0 Å². The third-order valence-corrected chi connectivity index (χ3v) is 1.82. The maximum absolute atomic E-state index is 12.7. The number of aliphatic hydroxyl groups excluding tert-OH is 1. The van der Waals surface area contributed by atoms with E-state index in [0.717, 1.165) is 0 Å². The summed E-state index contributed by atoms with van der Waals surface area (Å²) in [5, 5.41) is 9.15. The molecule has 0 saturated heterocycles. The van der Waals surface area contributed by atoms with Crippen molar-refractivity contribution in [2.24, 2.45) is 0 Å². The van der Waals surface area contributed by atoms with Crippen LogP contribution in [0.2, 0.25) is 0 Å². The third kappa shape index (κ3) is 2.07. The van der Waals surface area contributed by atoms with Gasteiger partial charge >= 0.3 is 0 Å². The van der Waals surface area contributed by atoms with Crippen molar-refractivity contribution in [1.82, 2.24) is 0 Å². The summed E-state index contributed by atoms with van der Waals surface area (Å²) in [5.74, 6) is 1.68. The summed E-state index contributed by atoms with van der Waals surface area (Å²) in [4.78, 5) is 0. The Balaban J connectivity index is 3.10. The van der Waals surface area contributed by atoms with Crippen LogP contribution in [0.5, 0.6) is 0 Å². The average molecular weight is 229 g/mol. The molecule has 1 atom stereocenters. The van der Waals surface area contributed by atoms with Crippen LogP contribution in [-0.4, -0.2) is 5.11 Å². The average Bonchev–Trinajstić information content (AvgIpc) is 2.01. The van der Waals surface area contributed by atoms with Gasteiger partial charge in [0, 0.05) is 4.47 Å². The van der Waals surface area contributed by atoms with Crippen LogP contribution in [-0.2, 0) is 0 Å². The molecular weight excluding hydrogens is 223 g/mol. The zero-order valence-corrected chi connectivity index (χ0v) is 7.68. The van der Waals surface area contributed by atoms with Gasteiger partial charge in [0.2, 0.25) is 0 Å². The molecule has 0 spiro atoms. The molecule has 0 aliphatic rings. The molecule has 62 valence electrons. The lowest BCUT2D eigenvalue weighted by molar-refractivity contribution is 0.238. The van der Waals surface area contributed by atoms with Gasteiger partial charge in [-0.3, -0.25) is 0 Å². The minimum Gasteiger partial charge on any atom is -0.376 e. The molecule has 0 amide bonds. The van der Waals surface area contributed by atoms with Crippen molar-refractivity contribution in [1.29, 1.82) is 0 Å². The van der Waals surface area contributed by atoms with Gasteiger partial charge in [-0.1, -0.05) is 21.9 Å². The fourth-order valence-electron chi connectivity index (χ4n) is 0.829. The first-order valence-electron chi connectivity index (χ1n) is 3.23. The van der Waals surface area contributed by atoms with Crippen LogP contribution in [0.1, 0.15) is 11.7 Å².